The molecule has 0 aliphatic carbocycles. The molecular weight excluding hydrogens is 496 g/mol. The summed E-state index contributed by atoms with van der Waals surface area (Å²) < 4.78 is 5.32. The van der Waals surface area contributed by atoms with Crippen LogP contribution in [0.15, 0.2) is 66.7 Å². The SMILES string of the molecule is NC(=O)c1ccc(N2CCN(C(=O)Cc3ccccc3)CC2)nc1Nc1ccc(C(=O)N2CCOCC2)cc1. The molecule has 10 nitrogen and oxygen atoms in total. The average Bonchev–Trinajstić information content (AvgIpc) is 2.98. The van der Waals surface area contributed by atoms with Crippen LogP contribution in [-0.2, 0) is 16.0 Å². The Balaban J connectivity index is 1.24. The topological polar surface area (TPSA) is 121 Å². The molecule has 0 saturated carbocycles. The van der Waals surface area contributed by atoms with Crippen LogP contribution in [0.25, 0.3) is 0 Å². The second-order valence-electron chi connectivity index (χ2n) is 9.57. The minimum Gasteiger partial charge on any atom is -0.378 e. The number of aromatic nitrogens is 1. The second kappa shape index (κ2) is 12.0. The van der Waals surface area contributed by atoms with E-state index in [1.54, 1.807) is 41.3 Å². The lowest BCUT2D eigenvalue weighted by Crippen LogP contribution is -2.49. The number of primary amides is 1. The number of morpholine rings is 1. The molecule has 0 atom stereocenters. The number of amides is 3. The van der Waals surface area contributed by atoms with Crippen LogP contribution >= 0.6 is 0 Å². The third-order valence-corrected chi connectivity index (χ3v) is 6.99. The normalized spacial score (nSPS) is 15.6. The number of anilines is 3. The number of ether oxygens (including phenoxy) is 1. The van der Waals surface area contributed by atoms with Crippen LogP contribution in [0.3, 0.4) is 0 Å². The molecular formula is C29H32N6O4. The summed E-state index contributed by atoms with van der Waals surface area (Å²) in [5.74, 6) is 0.513. The highest BCUT2D eigenvalue weighted by atomic mass is 16.5. The van der Waals surface area contributed by atoms with Crippen molar-refractivity contribution in [2.75, 3.05) is 62.7 Å². The van der Waals surface area contributed by atoms with Crippen LogP contribution in [-0.4, -0.2) is 85.0 Å². The summed E-state index contributed by atoms with van der Waals surface area (Å²) in [6.07, 6.45) is 0.386. The fourth-order valence-corrected chi connectivity index (χ4v) is 4.77. The first-order valence-electron chi connectivity index (χ1n) is 13.1. The molecule has 202 valence electrons. The molecule has 2 fully saturated rings. The third-order valence-electron chi connectivity index (χ3n) is 6.99. The smallest absolute Gasteiger partial charge is 0.254 e. The largest absolute Gasteiger partial charge is 0.378 e. The van der Waals surface area contributed by atoms with Gasteiger partial charge in [0.2, 0.25) is 5.91 Å². The summed E-state index contributed by atoms with van der Waals surface area (Å²) in [5, 5.41) is 3.19. The Hall–Kier alpha value is -4.44. The Kier molecular flexibility index (Phi) is 8.02. The van der Waals surface area contributed by atoms with Crippen molar-refractivity contribution < 1.29 is 19.1 Å². The molecule has 3 heterocycles. The number of nitrogens with one attached hydrogen (secondary N) is 1. The predicted molar refractivity (Wildman–Crippen MR) is 148 cm³/mol. The molecule has 2 aliphatic rings. The maximum atomic E-state index is 12.7. The van der Waals surface area contributed by atoms with Gasteiger partial charge in [0, 0.05) is 50.5 Å². The number of hydrogen-bond acceptors (Lipinski definition) is 7. The van der Waals surface area contributed by atoms with Crippen molar-refractivity contribution in [3.05, 3.63) is 83.4 Å². The van der Waals surface area contributed by atoms with E-state index in [4.69, 9.17) is 15.5 Å². The molecule has 5 rings (SSSR count). The Morgan fingerprint density at radius 1 is 0.821 bits per heavy atom. The molecule has 0 bridgehead atoms. The molecule has 3 amide bonds. The van der Waals surface area contributed by atoms with Crippen molar-refractivity contribution in [2.45, 2.75) is 6.42 Å². The highest BCUT2D eigenvalue weighted by molar-refractivity contribution is 5.99. The van der Waals surface area contributed by atoms with E-state index in [0.717, 1.165) is 5.56 Å². The lowest BCUT2D eigenvalue weighted by Gasteiger charge is -2.35. The maximum absolute atomic E-state index is 12.7. The van der Waals surface area contributed by atoms with Crippen LogP contribution in [0.1, 0.15) is 26.3 Å². The lowest BCUT2D eigenvalue weighted by atomic mass is 10.1. The average molecular weight is 529 g/mol. The van der Waals surface area contributed by atoms with Crippen molar-refractivity contribution in [1.29, 1.82) is 0 Å². The number of hydrogen-bond donors (Lipinski definition) is 2. The van der Waals surface area contributed by atoms with Crippen molar-refractivity contribution in [1.82, 2.24) is 14.8 Å². The van der Waals surface area contributed by atoms with E-state index in [1.807, 2.05) is 35.2 Å². The predicted octanol–water partition coefficient (Wildman–Crippen LogP) is 2.29. The summed E-state index contributed by atoms with van der Waals surface area (Å²) in [6.45, 7) is 4.67. The fraction of sp³-hybridized carbons (Fsp3) is 0.310. The summed E-state index contributed by atoms with van der Waals surface area (Å²) in [4.78, 5) is 48.0. The fourth-order valence-electron chi connectivity index (χ4n) is 4.77. The molecule has 3 N–H and O–H groups in total. The van der Waals surface area contributed by atoms with Crippen LogP contribution in [0.4, 0.5) is 17.3 Å². The molecule has 0 unspecified atom stereocenters. The molecule has 2 saturated heterocycles. The molecule has 0 radical (unpaired) electrons. The zero-order valence-electron chi connectivity index (χ0n) is 21.7. The molecule has 3 aromatic rings. The van der Waals surface area contributed by atoms with E-state index in [1.165, 1.54) is 0 Å². The van der Waals surface area contributed by atoms with Gasteiger partial charge in [-0.15, -0.1) is 0 Å². The van der Waals surface area contributed by atoms with E-state index < -0.39 is 5.91 Å². The van der Waals surface area contributed by atoms with Gasteiger partial charge in [-0.25, -0.2) is 4.98 Å². The summed E-state index contributed by atoms with van der Waals surface area (Å²) in [7, 11) is 0. The number of benzene rings is 2. The van der Waals surface area contributed by atoms with E-state index in [2.05, 4.69) is 10.2 Å². The second-order valence-corrected chi connectivity index (χ2v) is 9.57. The van der Waals surface area contributed by atoms with Crippen molar-refractivity contribution in [3.63, 3.8) is 0 Å². The van der Waals surface area contributed by atoms with E-state index in [-0.39, 0.29) is 17.4 Å². The molecule has 1 aromatic heterocycles. The van der Waals surface area contributed by atoms with Gasteiger partial charge < -0.3 is 30.5 Å². The summed E-state index contributed by atoms with van der Waals surface area (Å²) >= 11 is 0. The van der Waals surface area contributed by atoms with Gasteiger partial charge in [0.15, 0.2) is 0 Å². The van der Waals surface area contributed by atoms with Gasteiger partial charge in [-0.1, -0.05) is 30.3 Å². The van der Waals surface area contributed by atoms with Gasteiger partial charge >= 0.3 is 0 Å². The zero-order valence-corrected chi connectivity index (χ0v) is 21.7. The third kappa shape index (κ3) is 6.35. The number of rotatable bonds is 7. The Labute approximate surface area is 227 Å². The highest BCUT2D eigenvalue weighted by Gasteiger charge is 2.23. The van der Waals surface area contributed by atoms with Crippen LogP contribution < -0.4 is 16.0 Å². The quantitative estimate of drug-likeness (QED) is 0.483. The zero-order chi connectivity index (χ0) is 27.2. The van der Waals surface area contributed by atoms with Gasteiger partial charge in [0.1, 0.15) is 11.6 Å². The number of piperazine rings is 1. The van der Waals surface area contributed by atoms with E-state index in [0.29, 0.717) is 81.8 Å². The summed E-state index contributed by atoms with van der Waals surface area (Å²) in [6, 6.07) is 20.2. The van der Waals surface area contributed by atoms with Gasteiger partial charge in [-0.05, 0) is 42.0 Å². The van der Waals surface area contributed by atoms with Gasteiger partial charge in [-0.2, -0.15) is 0 Å². The Morgan fingerprint density at radius 2 is 1.51 bits per heavy atom. The first-order valence-corrected chi connectivity index (χ1v) is 13.1. The first-order chi connectivity index (χ1) is 19.0. The standard InChI is InChI=1S/C29H32N6O4/c30-27(37)24-10-11-25(33-12-14-34(15-13-33)26(36)20-21-4-2-1-3-5-21)32-28(24)31-23-8-6-22(7-9-23)29(38)35-16-18-39-19-17-35/h1-11H,12-20H2,(H2,30,37)(H,31,32). The van der Waals surface area contributed by atoms with Crippen LogP contribution in [0, 0.1) is 0 Å². The summed E-state index contributed by atoms with van der Waals surface area (Å²) in [5.41, 5.74) is 8.15. The molecule has 0 spiro atoms. The minimum absolute atomic E-state index is 0.0378. The number of nitrogens with two attached hydrogens (primary N) is 1. The van der Waals surface area contributed by atoms with E-state index >= 15 is 0 Å². The van der Waals surface area contributed by atoms with Crippen molar-refractivity contribution in [3.8, 4) is 0 Å². The van der Waals surface area contributed by atoms with Crippen LogP contribution in [0.2, 0.25) is 0 Å². The van der Waals surface area contributed by atoms with Crippen molar-refractivity contribution in [2.24, 2.45) is 5.73 Å². The van der Waals surface area contributed by atoms with Gasteiger partial charge in [0.25, 0.3) is 11.8 Å². The Morgan fingerprint density at radius 3 is 2.18 bits per heavy atom. The lowest BCUT2D eigenvalue weighted by molar-refractivity contribution is -0.130. The van der Waals surface area contributed by atoms with Gasteiger partial charge in [-0.3, -0.25) is 14.4 Å². The molecule has 2 aromatic carbocycles. The molecule has 2 aliphatic heterocycles. The number of nitrogens with zero attached hydrogens (tertiary/aromatic N) is 4. The van der Waals surface area contributed by atoms with Crippen molar-refractivity contribution >= 4 is 35.0 Å². The molecule has 39 heavy (non-hydrogen) atoms. The number of pyridine rings is 1. The number of carbonyl (C=O) groups is 3. The number of carbonyl (C=O) groups excluding carboxylic acids is 3. The minimum atomic E-state index is -0.591. The van der Waals surface area contributed by atoms with Crippen LogP contribution in [0.5, 0.6) is 0 Å². The highest BCUT2D eigenvalue weighted by Crippen LogP contribution is 2.24. The van der Waals surface area contributed by atoms with E-state index in [9.17, 15) is 14.4 Å². The maximum Gasteiger partial charge on any atom is 0.254 e. The van der Waals surface area contributed by atoms with Gasteiger partial charge in [0.05, 0.1) is 25.2 Å². The Bertz CT molecular complexity index is 1320. The monoisotopic (exact) mass is 528 g/mol. The molecule has 10 heteroatoms. The first kappa shape index (κ1) is 26.2.